The van der Waals surface area contributed by atoms with E-state index in [1.807, 2.05) is 30.3 Å². The van der Waals surface area contributed by atoms with E-state index < -0.39 is 0 Å². The smallest absolute Gasteiger partial charge is 0.252 e. The van der Waals surface area contributed by atoms with Crippen LogP contribution in [0.2, 0.25) is 0 Å². The van der Waals surface area contributed by atoms with Gasteiger partial charge in [-0.25, -0.2) is 0 Å². The number of hydrogen-bond acceptors (Lipinski definition) is 2. The molecule has 1 atom stereocenters. The average Bonchev–Trinajstić information content (AvgIpc) is 2.59. The molecule has 2 aromatic carbocycles. The molecule has 0 bridgehead atoms. The van der Waals surface area contributed by atoms with Crippen molar-refractivity contribution in [2.75, 3.05) is 5.75 Å². The van der Waals surface area contributed by atoms with Crippen molar-refractivity contribution in [3.8, 4) is 0 Å². The second kappa shape index (κ2) is 9.41. The first-order valence-electron chi connectivity index (χ1n) is 8.27. The zero-order chi connectivity index (χ0) is 16.5. The highest BCUT2D eigenvalue weighted by Crippen LogP contribution is 2.23. The lowest BCUT2D eigenvalue weighted by Gasteiger charge is -2.15. The molecule has 2 aromatic rings. The second-order valence-corrected chi connectivity index (χ2v) is 6.88. The Hall–Kier alpha value is -1.74. The zero-order valence-electron chi connectivity index (χ0n) is 13.9. The maximum absolute atomic E-state index is 12.5. The van der Waals surface area contributed by atoms with E-state index in [9.17, 15) is 4.79 Å². The van der Waals surface area contributed by atoms with Crippen LogP contribution in [0.3, 0.4) is 0 Å². The lowest BCUT2D eigenvalue weighted by Crippen LogP contribution is -2.33. The lowest BCUT2D eigenvalue weighted by molar-refractivity contribution is 0.0935. The van der Waals surface area contributed by atoms with E-state index in [2.05, 4.69) is 43.4 Å². The zero-order valence-corrected chi connectivity index (χ0v) is 14.7. The Morgan fingerprint density at radius 2 is 1.78 bits per heavy atom. The van der Waals surface area contributed by atoms with Crippen molar-refractivity contribution in [2.45, 2.75) is 44.0 Å². The van der Waals surface area contributed by atoms with Gasteiger partial charge in [-0.3, -0.25) is 4.79 Å². The highest BCUT2D eigenvalue weighted by molar-refractivity contribution is 7.99. The summed E-state index contributed by atoms with van der Waals surface area (Å²) in [6, 6.07) is 18.4. The Bertz CT molecular complexity index is 612. The molecule has 0 heterocycles. The van der Waals surface area contributed by atoms with E-state index in [4.69, 9.17) is 0 Å². The molecule has 0 saturated carbocycles. The number of thioether (sulfide) groups is 1. The molecule has 0 saturated heterocycles. The van der Waals surface area contributed by atoms with Gasteiger partial charge in [0, 0.05) is 10.9 Å². The molecule has 0 aromatic heterocycles. The van der Waals surface area contributed by atoms with Gasteiger partial charge in [0.2, 0.25) is 0 Å². The summed E-state index contributed by atoms with van der Waals surface area (Å²) in [5.41, 5.74) is 2.10. The number of carbonyl (C=O) groups excluding carboxylic acids is 1. The fourth-order valence-corrected chi connectivity index (χ4v) is 3.31. The van der Waals surface area contributed by atoms with Gasteiger partial charge in [0.15, 0.2) is 0 Å². The number of rotatable bonds is 8. The lowest BCUT2D eigenvalue weighted by atomic mass is 10.1. The number of hydrogen-bond donors (Lipinski definition) is 1. The number of nitrogens with one attached hydrogen (secondary N) is 1. The molecule has 0 aliphatic heterocycles. The van der Waals surface area contributed by atoms with Gasteiger partial charge in [-0.05, 0) is 49.6 Å². The molecule has 0 unspecified atom stereocenters. The molecule has 1 amide bonds. The van der Waals surface area contributed by atoms with E-state index in [1.54, 1.807) is 11.8 Å². The van der Waals surface area contributed by atoms with E-state index >= 15 is 0 Å². The largest absolute Gasteiger partial charge is 0.350 e. The van der Waals surface area contributed by atoms with Crippen molar-refractivity contribution in [1.82, 2.24) is 5.32 Å². The van der Waals surface area contributed by atoms with Crippen molar-refractivity contribution < 1.29 is 4.79 Å². The van der Waals surface area contributed by atoms with Crippen LogP contribution in [0.15, 0.2) is 59.5 Å². The van der Waals surface area contributed by atoms with Crippen LogP contribution in [0, 0.1) is 0 Å². The van der Waals surface area contributed by atoms with Crippen molar-refractivity contribution in [2.24, 2.45) is 0 Å². The normalized spacial score (nSPS) is 11.9. The Balaban J connectivity index is 1.90. The molecular weight excluding hydrogens is 302 g/mol. The molecule has 2 rings (SSSR count). The van der Waals surface area contributed by atoms with Gasteiger partial charge in [0.05, 0.1) is 5.56 Å². The minimum atomic E-state index is 0.0322. The molecule has 122 valence electrons. The Labute approximate surface area is 143 Å². The van der Waals surface area contributed by atoms with Crippen LogP contribution < -0.4 is 5.32 Å². The summed E-state index contributed by atoms with van der Waals surface area (Å²) in [6.07, 6.45) is 3.03. The average molecular weight is 327 g/mol. The molecule has 0 aliphatic rings. The number of benzene rings is 2. The van der Waals surface area contributed by atoms with Crippen LogP contribution >= 0.6 is 11.8 Å². The fraction of sp³-hybridized carbons (Fsp3) is 0.350. The number of amides is 1. The number of aryl methyl sites for hydroxylation is 1. The molecule has 23 heavy (non-hydrogen) atoms. The molecule has 0 spiro atoms. The molecule has 0 fully saturated rings. The first kappa shape index (κ1) is 17.6. The van der Waals surface area contributed by atoms with Crippen LogP contribution in [-0.2, 0) is 6.42 Å². The summed E-state index contributed by atoms with van der Waals surface area (Å²) >= 11 is 1.75. The number of carbonyl (C=O) groups is 1. The highest BCUT2D eigenvalue weighted by Gasteiger charge is 2.13. The van der Waals surface area contributed by atoms with Crippen LogP contribution in [0.5, 0.6) is 0 Å². The van der Waals surface area contributed by atoms with Gasteiger partial charge in [0.25, 0.3) is 5.91 Å². The summed E-state index contributed by atoms with van der Waals surface area (Å²) in [4.78, 5) is 13.6. The van der Waals surface area contributed by atoms with Crippen LogP contribution in [0.25, 0.3) is 0 Å². The minimum absolute atomic E-state index is 0.0322. The third-order valence-electron chi connectivity index (χ3n) is 3.68. The summed E-state index contributed by atoms with van der Waals surface area (Å²) in [6.45, 7) is 4.23. The Kier molecular flexibility index (Phi) is 7.21. The van der Waals surface area contributed by atoms with Crippen molar-refractivity contribution >= 4 is 17.7 Å². The van der Waals surface area contributed by atoms with Crippen LogP contribution in [0.4, 0.5) is 0 Å². The highest BCUT2D eigenvalue weighted by atomic mass is 32.2. The minimum Gasteiger partial charge on any atom is -0.350 e. The van der Waals surface area contributed by atoms with E-state index in [0.29, 0.717) is 0 Å². The van der Waals surface area contributed by atoms with Gasteiger partial charge in [0.1, 0.15) is 0 Å². The quantitative estimate of drug-likeness (QED) is 0.696. The topological polar surface area (TPSA) is 29.1 Å². The van der Waals surface area contributed by atoms with Gasteiger partial charge in [-0.15, -0.1) is 11.8 Å². The standard InChI is InChI=1S/C20H25NOS/c1-3-15-23-19-12-8-7-11-18(19)20(22)21-16(2)13-14-17-9-5-4-6-10-17/h4-12,16H,3,13-15H2,1-2H3,(H,21,22)/t16-/m0/s1. The summed E-state index contributed by atoms with van der Waals surface area (Å²) in [5, 5.41) is 3.13. The monoisotopic (exact) mass is 327 g/mol. The third-order valence-corrected chi connectivity index (χ3v) is 4.96. The van der Waals surface area contributed by atoms with Gasteiger partial charge < -0.3 is 5.32 Å². The van der Waals surface area contributed by atoms with E-state index in [0.717, 1.165) is 35.5 Å². The predicted octanol–water partition coefficient (Wildman–Crippen LogP) is 4.94. The Morgan fingerprint density at radius 1 is 1.09 bits per heavy atom. The molecule has 0 aliphatic carbocycles. The molecular formula is C20H25NOS. The van der Waals surface area contributed by atoms with E-state index in [1.165, 1.54) is 5.56 Å². The van der Waals surface area contributed by atoms with Crippen LogP contribution in [0.1, 0.15) is 42.6 Å². The van der Waals surface area contributed by atoms with Gasteiger partial charge in [-0.2, -0.15) is 0 Å². The van der Waals surface area contributed by atoms with Crippen LogP contribution in [-0.4, -0.2) is 17.7 Å². The maximum Gasteiger partial charge on any atom is 0.252 e. The Morgan fingerprint density at radius 3 is 2.52 bits per heavy atom. The van der Waals surface area contributed by atoms with E-state index in [-0.39, 0.29) is 11.9 Å². The summed E-state index contributed by atoms with van der Waals surface area (Å²) in [7, 11) is 0. The summed E-state index contributed by atoms with van der Waals surface area (Å²) in [5.74, 6) is 1.07. The molecule has 1 N–H and O–H groups in total. The predicted molar refractivity (Wildman–Crippen MR) is 99.1 cm³/mol. The third kappa shape index (κ3) is 5.76. The maximum atomic E-state index is 12.5. The van der Waals surface area contributed by atoms with Gasteiger partial charge >= 0.3 is 0 Å². The molecule has 2 nitrogen and oxygen atoms in total. The van der Waals surface area contributed by atoms with Gasteiger partial charge in [-0.1, -0.05) is 49.4 Å². The first-order valence-corrected chi connectivity index (χ1v) is 9.26. The summed E-state index contributed by atoms with van der Waals surface area (Å²) < 4.78 is 0. The molecule has 0 radical (unpaired) electrons. The van der Waals surface area contributed by atoms with Crippen molar-refractivity contribution in [1.29, 1.82) is 0 Å². The SMILES string of the molecule is CCCSc1ccccc1C(=O)N[C@@H](C)CCc1ccccc1. The second-order valence-electron chi connectivity index (χ2n) is 5.74. The fourth-order valence-electron chi connectivity index (χ4n) is 2.39. The van der Waals surface area contributed by atoms with Crippen molar-refractivity contribution in [3.63, 3.8) is 0 Å². The first-order chi connectivity index (χ1) is 11.2. The molecule has 3 heteroatoms. The van der Waals surface area contributed by atoms with Crippen molar-refractivity contribution in [3.05, 3.63) is 65.7 Å².